The van der Waals surface area contributed by atoms with Gasteiger partial charge in [-0.25, -0.2) is 13.6 Å². The third-order valence-electron chi connectivity index (χ3n) is 4.04. The number of hydrogen-bond acceptors (Lipinski definition) is 3. The van der Waals surface area contributed by atoms with Gasteiger partial charge >= 0.3 is 12.1 Å². The van der Waals surface area contributed by atoms with E-state index < -0.39 is 29.2 Å². The Labute approximate surface area is 98.7 Å². The molecule has 3 atom stereocenters. The largest absolute Gasteiger partial charge is 0.490 e. The molecule has 2 saturated carbocycles. The Morgan fingerprint density at radius 2 is 1.78 bits per heavy atom. The molecule has 18 heavy (non-hydrogen) atoms. The molecule has 3 nitrogen and oxygen atoms in total. The van der Waals surface area contributed by atoms with Crippen LogP contribution < -0.4 is 5.32 Å². The highest BCUT2D eigenvalue weighted by molar-refractivity contribution is 5.76. The minimum absolute atomic E-state index is 0.173. The molecule has 2 saturated heterocycles. The lowest BCUT2D eigenvalue weighted by molar-refractivity contribution is -0.242. The topological polar surface area (TPSA) is 38.3 Å². The molecule has 0 aromatic heterocycles. The predicted molar refractivity (Wildman–Crippen MR) is 47.6 cm³/mol. The SMILES string of the molecule is O=C(OC12CC(CC3(C1)CC3(F)F)N2)C(F)(F)F. The molecular weight excluding hydrogens is 261 g/mol. The van der Waals surface area contributed by atoms with Crippen molar-refractivity contribution in [1.82, 2.24) is 5.32 Å². The highest BCUT2D eigenvalue weighted by atomic mass is 19.4. The van der Waals surface area contributed by atoms with E-state index in [1.54, 1.807) is 0 Å². The van der Waals surface area contributed by atoms with Crippen LogP contribution in [0.25, 0.3) is 0 Å². The van der Waals surface area contributed by atoms with Crippen molar-refractivity contribution in [2.45, 2.75) is 49.5 Å². The number of halogens is 5. The van der Waals surface area contributed by atoms with Gasteiger partial charge in [-0.15, -0.1) is 0 Å². The molecule has 2 heterocycles. The normalized spacial score (nSPS) is 44.4. The second kappa shape index (κ2) is 2.97. The fourth-order valence-electron chi connectivity index (χ4n) is 3.22. The Balaban J connectivity index is 1.72. The molecule has 2 bridgehead atoms. The fourth-order valence-corrected chi connectivity index (χ4v) is 3.22. The Morgan fingerprint density at radius 1 is 1.22 bits per heavy atom. The van der Waals surface area contributed by atoms with Crippen LogP contribution in [0.2, 0.25) is 0 Å². The van der Waals surface area contributed by atoms with Gasteiger partial charge in [0.25, 0.3) is 5.92 Å². The van der Waals surface area contributed by atoms with Crippen LogP contribution in [0.3, 0.4) is 0 Å². The highest BCUT2D eigenvalue weighted by Gasteiger charge is 2.78. The maximum atomic E-state index is 13.2. The van der Waals surface area contributed by atoms with Gasteiger partial charge in [0, 0.05) is 30.7 Å². The number of nitrogens with one attached hydrogen (secondary N) is 1. The molecule has 0 aromatic carbocycles. The smallest absolute Gasteiger partial charge is 0.437 e. The van der Waals surface area contributed by atoms with E-state index in [2.05, 4.69) is 10.1 Å². The minimum Gasteiger partial charge on any atom is -0.437 e. The first-order valence-corrected chi connectivity index (χ1v) is 5.53. The van der Waals surface area contributed by atoms with Crippen LogP contribution in [0.15, 0.2) is 0 Å². The predicted octanol–water partition coefficient (Wildman–Crippen LogP) is 1.97. The van der Waals surface area contributed by atoms with Gasteiger partial charge in [-0.05, 0) is 6.42 Å². The van der Waals surface area contributed by atoms with Crippen molar-refractivity contribution < 1.29 is 31.5 Å². The van der Waals surface area contributed by atoms with Gasteiger partial charge in [-0.3, -0.25) is 5.32 Å². The summed E-state index contributed by atoms with van der Waals surface area (Å²) >= 11 is 0. The number of ether oxygens (including phenoxy) is 1. The lowest BCUT2D eigenvalue weighted by atomic mass is 9.70. The Hall–Kier alpha value is -0.920. The van der Waals surface area contributed by atoms with Crippen molar-refractivity contribution in [1.29, 1.82) is 0 Å². The Morgan fingerprint density at radius 3 is 2.22 bits per heavy atom. The average molecular weight is 271 g/mol. The molecule has 2 aliphatic carbocycles. The summed E-state index contributed by atoms with van der Waals surface area (Å²) in [4.78, 5) is 10.8. The van der Waals surface area contributed by atoms with Crippen molar-refractivity contribution in [2.75, 3.05) is 0 Å². The van der Waals surface area contributed by atoms with Crippen LogP contribution in [0.5, 0.6) is 0 Å². The molecule has 3 unspecified atom stereocenters. The van der Waals surface area contributed by atoms with E-state index in [0.717, 1.165) is 0 Å². The van der Waals surface area contributed by atoms with E-state index >= 15 is 0 Å². The molecule has 4 fully saturated rings. The summed E-state index contributed by atoms with van der Waals surface area (Å²) in [6, 6.07) is -0.284. The van der Waals surface area contributed by atoms with Crippen molar-refractivity contribution >= 4 is 5.97 Å². The van der Waals surface area contributed by atoms with Crippen molar-refractivity contribution in [3.63, 3.8) is 0 Å². The van der Waals surface area contributed by atoms with Crippen LogP contribution in [0.1, 0.15) is 25.7 Å². The number of alkyl halides is 5. The first kappa shape index (κ1) is 12.1. The van der Waals surface area contributed by atoms with Gasteiger partial charge in [-0.1, -0.05) is 0 Å². The van der Waals surface area contributed by atoms with Crippen LogP contribution in [0.4, 0.5) is 22.0 Å². The summed E-state index contributed by atoms with van der Waals surface area (Å²) in [5, 5.41) is 2.65. The third-order valence-corrected chi connectivity index (χ3v) is 4.04. The molecule has 1 N–H and O–H groups in total. The molecule has 0 amide bonds. The number of piperidine rings is 1. The Kier molecular flexibility index (Phi) is 2.00. The standard InChI is InChI=1S/C10H10F5NO2/c11-9(12)4-7(9)1-5-2-8(3-7,16-5)18-6(17)10(13,14)15/h5,16H,1-4H2. The number of esters is 1. The summed E-state index contributed by atoms with van der Waals surface area (Å²) in [6.07, 6.45) is -5.27. The van der Waals surface area contributed by atoms with E-state index in [4.69, 9.17) is 0 Å². The van der Waals surface area contributed by atoms with Crippen molar-refractivity contribution in [3.05, 3.63) is 0 Å². The molecule has 8 heteroatoms. The summed E-state index contributed by atoms with van der Waals surface area (Å²) in [5.41, 5.74) is -2.82. The van der Waals surface area contributed by atoms with Crippen LogP contribution in [0, 0.1) is 5.41 Å². The average Bonchev–Trinajstić information content (AvgIpc) is 2.61. The summed E-state index contributed by atoms with van der Waals surface area (Å²) in [7, 11) is 0. The Bertz CT molecular complexity index is 415. The molecule has 2 aliphatic heterocycles. The van der Waals surface area contributed by atoms with Gasteiger partial charge < -0.3 is 4.74 Å². The summed E-state index contributed by atoms with van der Waals surface area (Å²) < 4.78 is 67.1. The molecule has 0 radical (unpaired) electrons. The van der Waals surface area contributed by atoms with E-state index in [1.165, 1.54) is 0 Å². The van der Waals surface area contributed by atoms with Crippen LogP contribution in [-0.4, -0.2) is 29.8 Å². The first-order valence-electron chi connectivity index (χ1n) is 5.53. The van der Waals surface area contributed by atoms with Crippen LogP contribution >= 0.6 is 0 Å². The summed E-state index contributed by atoms with van der Waals surface area (Å²) in [6.45, 7) is 0. The molecule has 4 rings (SSSR count). The monoisotopic (exact) mass is 271 g/mol. The molecule has 0 aromatic rings. The van der Waals surface area contributed by atoms with Gasteiger partial charge in [-0.2, -0.15) is 13.2 Å². The maximum Gasteiger partial charge on any atom is 0.490 e. The summed E-state index contributed by atoms with van der Waals surface area (Å²) in [5.74, 6) is -5.17. The second-order valence-electron chi connectivity index (χ2n) is 5.47. The van der Waals surface area contributed by atoms with Crippen molar-refractivity contribution in [2.24, 2.45) is 5.41 Å². The second-order valence-corrected chi connectivity index (χ2v) is 5.47. The quantitative estimate of drug-likeness (QED) is 0.585. The maximum absolute atomic E-state index is 13.2. The van der Waals surface area contributed by atoms with Gasteiger partial charge in [0.15, 0.2) is 5.72 Å². The highest BCUT2D eigenvalue weighted by Crippen LogP contribution is 2.71. The minimum atomic E-state index is -5.10. The zero-order chi connectivity index (χ0) is 13.4. The molecule has 102 valence electrons. The molecule has 1 spiro atoms. The number of carbonyl (C=O) groups is 1. The van der Waals surface area contributed by atoms with Crippen molar-refractivity contribution in [3.8, 4) is 0 Å². The molecular formula is C10H10F5NO2. The molecule has 4 aliphatic rings. The first-order chi connectivity index (χ1) is 8.08. The van der Waals surface area contributed by atoms with E-state index in [9.17, 15) is 26.7 Å². The van der Waals surface area contributed by atoms with Gasteiger partial charge in [0.05, 0.1) is 0 Å². The fraction of sp³-hybridized carbons (Fsp3) is 0.900. The zero-order valence-electron chi connectivity index (χ0n) is 9.11. The zero-order valence-corrected chi connectivity index (χ0v) is 9.11. The van der Waals surface area contributed by atoms with E-state index in [-0.39, 0.29) is 31.7 Å². The number of hydrogen-bond donors (Lipinski definition) is 1. The number of carbonyl (C=O) groups excluding carboxylic acids is 1. The van der Waals surface area contributed by atoms with Gasteiger partial charge in [0.2, 0.25) is 0 Å². The third kappa shape index (κ3) is 1.54. The lowest BCUT2D eigenvalue weighted by Crippen LogP contribution is -2.71. The van der Waals surface area contributed by atoms with Crippen LogP contribution in [-0.2, 0) is 9.53 Å². The van der Waals surface area contributed by atoms with E-state index in [1.807, 2.05) is 0 Å². The number of rotatable bonds is 1. The van der Waals surface area contributed by atoms with Gasteiger partial charge in [0.1, 0.15) is 0 Å². The van der Waals surface area contributed by atoms with E-state index in [0.29, 0.717) is 0 Å². The lowest BCUT2D eigenvalue weighted by Gasteiger charge is -2.55.